The molecule has 0 unspecified atom stereocenters. The van der Waals surface area contributed by atoms with Gasteiger partial charge in [-0.25, -0.2) is 4.79 Å². The van der Waals surface area contributed by atoms with Gasteiger partial charge in [-0.1, -0.05) is 12.1 Å². The minimum absolute atomic E-state index is 0.0245. The Labute approximate surface area is 166 Å². The average Bonchev–Trinajstić information content (AvgIpc) is 3.38. The highest BCUT2D eigenvalue weighted by molar-refractivity contribution is 7.14. The van der Waals surface area contributed by atoms with Crippen molar-refractivity contribution in [1.82, 2.24) is 10.6 Å². The third kappa shape index (κ3) is 5.42. The van der Waals surface area contributed by atoms with Crippen molar-refractivity contribution in [2.45, 2.75) is 13.0 Å². The number of carbonyl (C=O) groups is 2. The second-order valence-corrected chi connectivity index (χ2v) is 7.76. The molecule has 0 saturated heterocycles. The quantitative estimate of drug-likeness (QED) is 0.560. The van der Waals surface area contributed by atoms with Crippen LogP contribution in [0.25, 0.3) is 0 Å². The Hall–Kier alpha value is -2.64. The van der Waals surface area contributed by atoms with Gasteiger partial charge in [-0.15, -0.1) is 11.3 Å². The van der Waals surface area contributed by atoms with E-state index in [9.17, 15) is 9.59 Å². The molecule has 0 atom stereocenters. The second kappa shape index (κ2) is 9.34. The maximum atomic E-state index is 12.3. The lowest BCUT2D eigenvalue weighted by molar-refractivity contribution is 0.104. The number of nitrogens with one attached hydrogen (secondary N) is 2. The highest BCUT2D eigenvalue weighted by atomic mass is 32.1. The van der Waals surface area contributed by atoms with Crippen LogP contribution < -0.4 is 15.4 Å². The molecule has 0 aliphatic rings. The summed E-state index contributed by atoms with van der Waals surface area (Å²) in [6.07, 6.45) is 0.746. The first-order valence-electron chi connectivity index (χ1n) is 8.46. The van der Waals surface area contributed by atoms with E-state index in [0.29, 0.717) is 23.5 Å². The van der Waals surface area contributed by atoms with Crippen LogP contribution in [0.15, 0.2) is 53.2 Å². The molecule has 2 heterocycles. The fraction of sp³-hybridized carbons (Fsp3) is 0.200. The van der Waals surface area contributed by atoms with Crippen molar-refractivity contribution in [3.63, 3.8) is 0 Å². The van der Waals surface area contributed by atoms with Crippen LogP contribution in [0.2, 0.25) is 0 Å². The third-order valence-corrected chi connectivity index (χ3v) is 5.72. The molecule has 0 bridgehead atoms. The number of rotatable bonds is 8. The third-order valence-electron chi connectivity index (χ3n) is 3.95. The first-order chi connectivity index (χ1) is 13.2. The molecule has 0 saturated carbocycles. The molecule has 0 radical (unpaired) electrons. The molecule has 2 amide bonds. The Bertz CT molecular complexity index is 886. The normalized spacial score (nSPS) is 10.4. The lowest BCUT2D eigenvalue weighted by atomic mass is 10.1. The number of amides is 2. The summed E-state index contributed by atoms with van der Waals surface area (Å²) in [5, 5.41) is 9.39. The van der Waals surface area contributed by atoms with Gasteiger partial charge in [0.25, 0.3) is 0 Å². The maximum Gasteiger partial charge on any atom is 0.315 e. The molecule has 7 heteroatoms. The van der Waals surface area contributed by atoms with Crippen LogP contribution in [0.4, 0.5) is 4.79 Å². The number of ketones is 1. The Morgan fingerprint density at radius 1 is 1.04 bits per heavy atom. The molecular weight excluding hydrogens is 380 g/mol. The van der Waals surface area contributed by atoms with Crippen LogP contribution in [-0.4, -0.2) is 25.5 Å². The minimum Gasteiger partial charge on any atom is -0.497 e. The van der Waals surface area contributed by atoms with Gasteiger partial charge in [0.1, 0.15) is 5.75 Å². The van der Waals surface area contributed by atoms with Gasteiger partial charge in [-0.3, -0.25) is 4.79 Å². The monoisotopic (exact) mass is 400 g/mol. The average molecular weight is 401 g/mol. The number of benzene rings is 1. The van der Waals surface area contributed by atoms with Gasteiger partial charge in [0, 0.05) is 22.4 Å². The lowest BCUT2D eigenvalue weighted by Gasteiger charge is -2.07. The number of carbonyl (C=O) groups excluding carboxylic acids is 2. The van der Waals surface area contributed by atoms with Crippen LogP contribution in [0.5, 0.6) is 5.75 Å². The molecule has 0 fully saturated rings. The Morgan fingerprint density at radius 3 is 2.56 bits per heavy atom. The van der Waals surface area contributed by atoms with Crippen molar-refractivity contribution in [3.8, 4) is 5.75 Å². The number of urea groups is 1. The topological polar surface area (TPSA) is 67.4 Å². The summed E-state index contributed by atoms with van der Waals surface area (Å²) in [5.41, 5.74) is 1.84. The summed E-state index contributed by atoms with van der Waals surface area (Å²) in [6.45, 7) is 0.945. The number of ether oxygens (including phenoxy) is 1. The molecule has 1 aromatic carbocycles. The predicted octanol–water partition coefficient (Wildman–Crippen LogP) is 4.09. The Balaban J connectivity index is 1.40. The first kappa shape index (κ1) is 19.1. The Morgan fingerprint density at radius 2 is 1.85 bits per heavy atom. The van der Waals surface area contributed by atoms with E-state index in [1.807, 2.05) is 53.2 Å². The van der Waals surface area contributed by atoms with E-state index in [1.54, 1.807) is 7.11 Å². The molecular formula is C20H20N2O3S2. The van der Waals surface area contributed by atoms with Crippen molar-refractivity contribution in [3.05, 3.63) is 74.1 Å². The molecule has 3 aromatic rings. The van der Waals surface area contributed by atoms with Crippen molar-refractivity contribution in [2.24, 2.45) is 0 Å². The summed E-state index contributed by atoms with van der Waals surface area (Å²) in [5.74, 6) is 0.841. The fourth-order valence-electron chi connectivity index (χ4n) is 2.47. The number of methoxy groups -OCH3 is 1. The van der Waals surface area contributed by atoms with E-state index in [1.165, 1.54) is 22.7 Å². The van der Waals surface area contributed by atoms with Gasteiger partial charge in [0.05, 0.1) is 18.5 Å². The predicted molar refractivity (Wildman–Crippen MR) is 109 cm³/mol. The highest BCUT2D eigenvalue weighted by Crippen LogP contribution is 2.21. The van der Waals surface area contributed by atoms with Crippen molar-refractivity contribution >= 4 is 34.5 Å². The van der Waals surface area contributed by atoms with Gasteiger partial charge in [-0.2, -0.15) is 11.3 Å². The van der Waals surface area contributed by atoms with Crippen LogP contribution >= 0.6 is 22.7 Å². The minimum atomic E-state index is -0.220. The molecule has 3 rings (SSSR count). The van der Waals surface area contributed by atoms with Gasteiger partial charge in [0.2, 0.25) is 5.78 Å². The molecule has 2 N–H and O–H groups in total. The zero-order chi connectivity index (χ0) is 19.1. The largest absolute Gasteiger partial charge is 0.497 e. The molecule has 5 nitrogen and oxygen atoms in total. The molecule has 0 spiro atoms. The van der Waals surface area contributed by atoms with Gasteiger partial charge < -0.3 is 15.4 Å². The molecule has 27 heavy (non-hydrogen) atoms. The SMILES string of the molecule is COc1ccc(CCNC(=O)NCc2ccc(C(=O)c3ccsc3)s2)cc1. The molecule has 0 aliphatic heterocycles. The smallest absolute Gasteiger partial charge is 0.315 e. The maximum absolute atomic E-state index is 12.3. The zero-order valence-corrected chi connectivity index (χ0v) is 16.5. The van der Waals surface area contributed by atoms with Crippen LogP contribution in [0, 0.1) is 0 Å². The van der Waals surface area contributed by atoms with E-state index in [4.69, 9.17) is 4.74 Å². The van der Waals surface area contributed by atoms with Crippen molar-refractivity contribution in [1.29, 1.82) is 0 Å². The summed E-state index contributed by atoms with van der Waals surface area (Å²) in [6, 6.07) is 13.1. The molecule has 2 aromatic heterocycles. The number of thiophene rings is 2. The van der Waals surface area contributed by atoms with E-state index >= 15 is 0 Å². The number of hydrogen-bond acceptors (Lipinski definition) is 5. The van der Waals surface area contributed by atoms with Gasteiger partial charge >= 0.3 is 6.03 Å². The second-order valence-electron chi connectivity index (χ2n) is 5.81. The van der Waals surface area contributed by atoms with Crippen LogP contribution in [0.3, 0.4) is 0 Å². The van der Waals surface area contributed by atoms with Gasteiger partial charge in [0.15, 0.2) is 0 Å². The standard InChI is InChI=1S/C20H20N2O3S2/c1-25-16-4-2-14(3-5-16)8-10-21-20(24)22-12-17-6-7-18(27-17)19(23)15-9-11-26-13-15/h2-7,9,11,13H,8,10,12H2,1H3,(H2,21,22,24). The van der Waals surface area contributed by atoms with E-state index in [0.717, 1.165) is 22.6 Å². The number of hydrogen-bond donors (Lipinski definition) is 2. The highest BCUT2D eigenvalue weighted by Gasteiger charge is 2.12. The summed E-state index contributed by atoms with van der Waals surface area (Å²) >= 11 is 2.91. The van der Waals surface area contributed by atoms with E-state index in [2.05, 4.69) is 10.6 Å². The van der Waals surface area contributed by atoms with Crippen molar-refractivity contribution in [2.75, 3.05) is 13.7 Å². The van der Waals surface area contributed by atoms with E-state index in [-0.39, 0.29) is 11.8 Å². The zero-order valence-electron chi connectivity index (χ0n) is 14.9. The summed E-state index contributed by atoms with van der Waals surface area (Å²) in [7, 11) is 1.63. The summed E-state index contributed by atoms with van der Waals surface area (Å²) < 4.78 is 5.12. The van der Waals surface area contributed by atoms with Crippen molar-refractivity contribution < 1.29 is 14.3 Å². The molecule has 0 aliphatic carbocycles. The molecule has 140 valence electrons. The van der Waals surface area contributed by atoms with E-state index < -0.39 is 0 Å². The van der Waals surface area contributed by atoms with Gasteiger partial charge in [-0.05, 0) is 47.7 Å². The van der Waals surface area contributed by atoms with Crippen LogP contribution in [0.1, 0.15) is 25.7 Å². The Kier molecular flexibility index (Phi) is 6.62. The lowest BCUT2D eigenvalue weighted by Crippen LogP contribution is -2.36. The van der Waals surface area contributed by atoms with Crippen LogP contribution in [-0.2, 0) is 13.0 Å². The fourth-order valence-corrected chi connectivity index (χ4v) is 4.02. The summed E-state index contributed by atoms with van der Waals surface area (Å²) in [4.78, 5) is 25.8. The first-order valence-corrected chi connectivity index (χ1v) is 10.2.